The van der Waals surface area contributed by atoms with Crippen LogP contribution in [0.15, 0.2) is 573 Å². The van der Waals surface area contributed by atoms with Crippen molar-refractivity contribution in [2.24, 2.45) is 0 Å². The van der Waals surface area contributed by atoms with Crippen LogP contribution in [0, 0.1) is 0 Å². The van der Waals surface area contributed by atoms with Crippen LogP contribution in [0.4, 0.5) is 0 Å². The largest absolute Gasteiger partial charge is 0.0894 e. The summed E-state index contributed by atoms with van der Waals surface area (Å²) in [5.41, 5.74) is 21.9. The summed E-state index contributed by atoms with van der Waals surface area (Å²) in [4.78, 5) is 10.9. The smallest absolute Gasteiger partial charge is 0.0381 e. The number of rotatable bonds is 6. The predicted octanol–water partition coefficient (Wildman–Crippen LogP) is 40.8. The Labute approximate surface area is 876 Å². The molecular weight excluding hydrogens is 1860 g/mol. The van der Waals surface area contributed by atoms with Gasteiger partial charge in [0.1, 0.15) is 0 Å². The third kappa shape index (κ3) is 15.1. The maximum atomic E-state index is 2.45. The van der Waals surface area contributed by atoms with E-state index in [4.69, 9.17) is 0 Å². The molecule has 0 N–H and O–H groups in total. The fourth-order valence-electron chi connectivity index (χ4n) is 24.8. The third-order valence-electron chi connectivity index (χ3n) is 31.5. The first-order valence-electron chi connectivity index (χ1n) is 51.2. The number of hydrogen-bond donors (Lipinski definition) is 0. The van der Waals surface area contributed by atoms with Gasteiger partial charge in [-0.25, -0.2) is 0 Å². The second-order valence-electron chi connectivity index (χ2n) is 39.6. The van der Waals surface area contributed by atoms with E-state index in [-0.39, 0.29) is 23.7 Å². The molecule has 692 valence electrons. The van der Waals surface area contributed by atoms with E-state index in [0.29, 0.717) is 0 Å². The molecule has 0 nitrogen and oxygen atoms in total. The molecule has 28 aromatic carbocycles. The molecule has 0 unspecified atom stereocenters. The lowest BCUT2D eigenvalue weighted by molar-refractivity contribution is 0.928. The van der Waals surface area contributed by atoms with E-state index in [9.17, 15) is 0 Å². The zero-order valence-corrected chi connectivity index (χ0v) is 84.0. The normalized spacial score (nSPS) is 13.2. The number of benzene rings is 28. The van der Waals surface area contributed by atoms with E-state index >= 15 is 0 Å². The van der Waals surface area contributed by atoms with Crippen LogP contribution >= 0.6 is 47.0 Å². The summed E-state index contributed by atoms with van der Waals surface area (Å²) >= 11 is 7.66. The predicted molar refractivity (Wildman–Crippen MR) is 634 cm³/mol. The summed E-state index contributed by atoms with van der Waals surface area (Å²) < 4.78 is 0. The quantitative estimate of drug-likeness (QED) is 0.152. The molecule has 148 heavy (non-hydrogen) atoms. The lowest BCUT2D eigenvalue weighted by Gasteiger charge is -2.32. The summed E-state index contributed by atoms with van der Waals surface area (Å²) in [6, 6.07) is 197. The van der Waals surface area contributed by atoms with Crippen molar-refractivity contribution in [1.82, 2.24) is 0 Å². The monoisotopic (exact) mass is 1950 g/mol. The molecule has 4 heterocycles. The zero-order valence-electron chi connectivity index (χ0n) is 80.7. The van der Waals surface area contributed by atoms with Crippen LogP contribution in [0.2, 0.25) is 0 Å². The van der Waals surface area contributed by atoms with Gasteiger partial charge in [0.2, 0.25) is 0 Å². The highest BCUT2D eigenvalue weighted by molar-refractivity contribution is 8.00. The van der Waals surface area contributed by atoms with Gasteiger partial charge in [-0.1, -0.05) is 514 Å². The molecule has 0 radical (unpaired) electrons. The maximum absolute atomic E-state index is 2.45. The number of fused-ring (bicyclic) bond motifs is 32. The molecule has 4 heteroatoms. The van der Waals surface area contributed by atoms with Crippen LogP contribution in [0.5, 0.6) is 0 Å². The van der Waals surface area contributed by atoms with E-state index < -0.39 is 0 Å². The Hall–Kier alpha value is -16.8. The first-order valence-corrected chi connectivity index (χ1v) is 54.5. The van der Waals surface area contributed by atoms with Gasteiger partial charge in [0, 0.05) is 62.8 Å². The highest BCUT2D eigenvalue weighted by Gasteiger charge is 2.38. The molecule has 0 aliphatic carbocycles. The summed E-state index contributed by atoms with van der Waals surface area (Å²) in [5.74, 6) is 0.621. The molecular formula is C144H92S4. The van der Waals surface area contributed by atoms with Gasteiger partial charge < -0.3 is 0 Å². The minimum Gasteiger partial charge on any atom is -0.0894 e. The fraction of sp³-hybridized carbons (Fsp3) is 0.0278. The van der Waals surface area contributed by atoms with Crippen molar-refractivity contribution in [3.05, 3.63) is 601 Å². The average molecular weight is 1950 g/mol. The van der Waals surface area contributed by atoms with Crippen LogP contribution < -0.4 is 0 Å². The molecule has 0 aromatic heterocycles. The average Bonchev–Trinajstić information content (AvgIpc) is 0.706. The van der Waals surface area contributed by atoms with Gasteiger partial charge in [-0.2, -0.15) is 0 Å². The molecule has 4 aliphatic heterocycles. The van der Waals surface area contributed by atoms with Gasteiger partial charge in [0.15, 0.2) is 0 Å². The summed E-state index contributed by atoms with van der Waals surface area (Å²) in [6.45, 7) is 0. The summed E-state index contributed by atoms with van der Waals surface area (Å²) in [6.07, 6.45) is 0. The SMILES string of the molecule is c1ccc(-c2ccc3cc(C4c5c(ccc6ccccc56)Sc5ccc6ccccc6c54)ccc3c2)cc1.c1ccc(-c2cccc3ccc(C4c5c(ccc6ccccc56)Sc5ccc6ccccc6c54)cc23)cc1.c1ccc2c3c(ccc2c1)Sc1ccc2ccccc2c1C3c1cc2ccccc2c2ccccc12.c1ccc2c3c(ccc2c1)Sc1ccc2ccccc2c1C3c1ccc2c(ccc3ccccc32)c1. The van der Waals surface area contributed by atoms with Crippen LogP contribution in [0.3, 0.4) is 0 Å². The Morgan fingerprint density at radius 2 is 0.351 bits per heavy atom. The van der Waals surface area contributed by atoms with Gasteiger partial charge >= 0.3 is 0 Å². The van der Waals surface area contributed by atoms with E-state index in [0.717, 1.165) is 0 Å². The second-order valence-corrected chi connectivity index (χ2v) is 43.9. The van der Waals surface area contributed by atoms with Gasteiger partial charge in [-0.15, -0.1) is 0 Å². The topological polar surface area (TPSA) is 0 Å². The molecule has 0 bridgehead atoms. The summed E-state index contributed by atoms with van der Waals surface area (Å²) in [5, 5.41) is 36.8. The van der Waals surface area contributed by atoms with Crippen molar-refractivity contribution >= 4 is 198 Å². The minimum absolute atomic E-state index is 0.142. The van der Waals surface area contributed by atoms with Crippen molar-refractivity contribution in [3.8, 4) is 22.3 Å². The second kappa shape index (κ2) is 36.7. The van der Waals surface area contributed by atoms with E-state index in [1.165, 1.54) is 279 Å². The lowest BCUT2D eigenvalue weighted by Crippen LogP contribution is -2.12. The Morgan fingerprint density at radius 3 is 0.743 bits per heavy atom. The van der Waals surface area contributed by atoms with Gasteiger partial charge in [-0.3, -0.25) is 0 Å². The van der Waals surface area contributed by atoms with Crippen molar-refractivity contribution in [1.29, 1.82) is 0 Å². The van der Waals surface area contributed by atoms with E-state index in [2.05, 4.69) is 534 Å². The molecule has 0 atom stereocenters. The first-order chi connectivity index (χ1) is 73.4. The van der Waals surface area contributed by atoms with Crippen LogP contribution in [0.25, 0.3) is 173 Å². The zero-order chi connectivity index (χ0) is 97.4. The highest BCUT2D eigenvalue weighted by atomic mass is 32.2. The van der Waals surface area contributed by atoms with Gasteiger partial charge in [0.05, 0.1) is 0 Å². The standard InChI is InChI=1S/2C37H24S.2C35H22S/c1-2-9-24(10-3-1)29-16-8-13-27-17-18-28(23-32(27)29)35-36-30-14-6-4-11-25(30)19-21-33(36)38-34-22-20-26-12-5-7-15-31(26)37(34)35;1-2-8-24(9-3-1)27-14-15-29-23-30(17-16-28(29)22-27)35-36-31-12-6-4-10-25(31)18-20-33(36)38-34-21-19-26-11-5-7-13-32(26)37(34)35;1-5-13-26-22(9-1)17-19-31-33(26)35(34-27-14-6-2-10-23(27)18-20-32(34)36-31)30-21-24-11-3-4-12-25(24)28-15-7-8-16-29(28)30;1-4-10-27-22(7-1)13-14-25-21-26(15-18-28(25)27)33-34-29-11-5-2-8-23(29)16-19-31(34)36-32-20-17-24-9-3-6-12-30(24)35(32)33/h2*1-23,35H;1-21,35H;1-21,33H. The Balaban J connectivity index is 0.0000000930. The van der Waals surface area contributed by atoms with E-state index in [1.54, 1.807) is 0 Å². The van der Waals surface area contributed by atoms with E-state index in [1.807, 2.05) is 47.0 Å². The Morgan fingerprint density at radius 1 is 0.115 bits per heavy atom. The maximum Gasteiger partial charge on any atom is 0.0381 e. The first kappa shape index (κ1) is 87.8. The van der Waals surface area contributed by atoms with Gasteiger partial charge in [0.25, 0.3) is 0 Å². The number of hydrogen-bond acceptors (Lipinski definition) is 4. The van der Waals surface area contributed by atoms with Crippen molar-refractivity contribution < 1.29 is 0 Å². The van der Waals surface area contributed by atoms with Crippen molar-refractivity contribution in [3.63, 3.8) is 0 Å². The Bertz CT molecular complexity index is 9970. The fourth-order valence-corrected chi connectivity index (χ4v) is 29.5. The van der Waals surface area contributed by atoms with Crippen LogP contribution in [0.1, 0.15) is 90.4 Å². The molecule has 0 amide bonds. The van der Waals surface area contributed by atoms with Crippen molar-refractivity contribution in [2.75, 3.05) is 0 Å². The molecule has 32 rings (SSSR count). The molecule has 0 spiro atoms. The molecule has 0 saturated carbocycles. The van der Waals surface area contributed by atoms with Crippen molar-refractivity contribution in [2.45, 2.75) is 62.8 Å². The van der Waals surface area contributed by atoms with Gasteiger partial charge in [-0.05, 0) is 307 Å². The Kier molecular flexibility index (Phi) is 21.8. The molecule has 28 aromatic rings. The molecule has 0 fully saturated rings. The molecule has 4 aliphatic rings. The lowest BCUT2D eigenvalue weighted by atomic mass is 9.78. The van der Waals surface area contributed by atoms with Crippen LogP contribution in [-0.2, 0) is 0 Å². The molecule has 0 saturated heterocycles. The summed E-state index contributed by atoms with van der Waals surface area (Å²) in [7, 11) is 0. The minimum atomic E-state index is 0.142. The highest BCUT2D eigenvalue weighted by Crippen LogP contribution is 2.60. The third-order valence-corrected chi connectivity index (χ3v) is 36.1. The van der Waals surface area contributed by atoms with Crippen LogP contribution in [-0.4, -0.2) is 0 Å².